The van der Waals surface area contributed by atoms with E-state index in [2.05, 4.69) is 45.9 Å². The van der Waals surface area contributed by atoms with Crippen LogP contribution in [-0.2, 0) is 6.54 Å². The fourth-order valence-corrected chi connectivity index (χ4v) is 2.60. The molecule has 1 aromatic carbocycles. The lowest BCUT2D eigenvalue weighted by molar-refractivity contribution is 0.684. The Morgan fingerprint density at radius 3 is 2.84 bits per heavy atom. The van der Waals surface area contributed by atoms with Crippen LogP contribution >= 0.6 is 0 Å². The second-order valence-electron chi connectivity index (χ2n) is 4.83. The smallest absolute Gasteiger partial charge is 0.106 e. The molecule has 4 nitrogen and oxygen atoms in total. The number of benzene rings is 1. The van der Waals surface area contributed by atoms with E-state index in [1.807, 2.05) is 13.0 Å². The molecule has 0 fully saturated rings. The summed E-state index contributed by atoms with van der Waals surface area (Å²) < 4.78 is 2.11. The number of nitrogens with one attached hydrogen (secondary N) is 1. The van der Waals surface area contributed by atoms with Crippen molar-refractivity contribution in [1.82, 2.24) is 14.5 Å². The normalized spacial score (nSPS) is 11.3. The molecule has 3 aromatic rings. The van der Waals surface area contributed by atoms with Crippen molar-refractivity contribution in [3.05, 3.63) is 42.0 Å². The third kappa shape index (κ3) is 1.94. The Kier molecular flexibility index (Phi) is 2.87. The molecule has 0 atom stereocenters. The van der Waals surface area contributed by atoms with Crippen LogP contribution in [0.3, 0.4) is 0 Å². The summed E-state index contributed by atoms with van der Waals surface area (Å²) in [7, 11) is 0. The van der Waals surface area contributed by atoms with Gasteiger partial charge in [-0.25, -0.2) is 4.98 Å². The van der Waals surface area contributed by atoms with Crippen molar-refractivity contribution < 1.29 is 0 Å². The highest BCUT2D eigenvalue weighted by Crippen LogP contribution is 2.31. The van der Waals surface area contributed by atoms with Crippen molar-refractivity contribution in [2.24, 2.45) is 5.73 Å². The molecule has 0 aliphatic heterocycles. The molecule has 3 N–H and O–H groups in total. The Bertz CT molecular complexity index is 721. The van der Waals surface area contributed by atoms with Gasteiger partial charge in [-0.3, -0.25) is 0 Å². The number of aryl methyl sites for hydroxylation is 2. The van der Waals surface area contributed by atoms with E-state index >= 15 is 0 Å². The monoisotopic (exact) mass is 254 g/mol. The van der Waals surface area contributed by atoms with Gasteiger partial charge in [0.2, 0.25) is 0 Å². The van der Waals surface area contributed by atoms with Crippen molar-refractivity contribution >= 4 is 10.9 Å². The minimum atomic E-state index is 0.628. The Morgan fingerprint density at radius 2 is 2.05 bits per heavy atom. The summed E-state index contributed by atoms with van der Waals surface area (Å²) in [6, 6.07) is 8.32. The van der Waals surface area contributed by atoms with E-state index in [4.69, 9.17) is 5.73 Å². The Balaban J connectivity index is 2.18. The van der Waals surface area contributed by atoms with E-state index in [0.29, 0.717) is 6.54 Å². The first kappa shape index (κ1) is 12.0. The van der Waals surface area contributed by atoms with E-state index in [1.54, 1.807) is 0 Å². The molecule has 2 aromatic heterocycles. The minimum absolute atomic E-state index is 0.628. The zero-order valence-electron chi connectivity index (χ0n) is 11.3. The molecule has 2 heterocycles. The first-order valence-corrected chi connectivity index (χ1v) is 6.52. The Hall–Kier alpha value is -2.07. The van der Waals surface area contributed by atoms with Gasteiger partial charge in [0.05, 0.1) is 5.69 Å². The molecule has 19 heavy (non-hydrogen) atoms. The van der Waals surface area contributed by atoms with Gasteiger partial charge >= 0.3 is 0 Å². The van der Waals surface area contributed by atoms with Crippen LogP contribution in [0.25, 0.3) is 22.2 Å². The predicted molar refractivity (Wildman–Crippen MR) is 78.0 cm³/mol. The van der Waals surface area contributed by atoms with Gasteiger partial charge in [0, 0.05) is 41.4 Å². The number of H-pyrrole nitrogens is 1. The van der Waals surface area contributed by atoms with Gasteiger partial charge < -0.3 is 15.3 Å². The number of aromatic amines is 1. The maximum absolute atomic E-state index is 5.62. The molecule has 0 aliphatic carbocycles. The van der Waals surface area contributed by atoms with E-state index in [9.17, 15) is 0 Å². The van der Waals surface area contributed by atoms with Crippen LogP contribution < -0.4 is 5.73 Å². The molecule has 0 unspecified atom stereocenters. The molecule has 0 aliphatic rings. The molecule has 0 amide bonds. The number of rotatable bonds is 3. The van der Waals surface area contributed by atoms with Crippen LogP contribution in [0.15, 0.2) is 30.5 Å². The number of imidazole rings is 1. The molecule has 3 rings (SSSR count). The first-order valence-electron chi connectivity index (χ1n) is 6.52. The summed E-state index contributed by atoms with van der Waals surface area (Å²) in [4.78, 5) is 8.08. The predicted octanol–water partition coefficient (Wildman–Crippen LogP) is 2.61. The molecule has 0 bridgehead atoms. The number of nitrogens with zero attached hydrogens (tertiary/aromatic N) is 2. The fourth-order valence-electron chi connectivity index (χ4n) is 2.60. The van der Waals surface area contributed by atoms with Crippen molar-refractivity contribution in [1.29, 1.82) is 0 Å². The summed E-state index contributed by atoms with van der Waals surface area (Å²) in [6.07, 6.45) is 2.09. The third-order valence-corrected chi connectivity index (χ3v) is 3.50. The molecule has 0 spiro atoms. The Morgan fingerprint density at radius 1 is 1.26 bits per heavy atom. The lowest BCUT2D eigenvalue weighted by Gasteiger charge is -1.99. The van der Waals surface area contributed by atoms with E-state index in [1.165, 1.54) is 10.9 Å². The Labute approximate surface area is 112 Å². The second-order valence-corrected chi connectivity index (χ2v) is 4.83. The van der Waals surface area contributed by atoms with Crippen LogP contribution in [0.5, 0.6) is 0 Å². The topological polar surface area (TPSA) is 59.6 Å². The zero-order chi connectivity index (χ0) is 13.4. The molecular weight excluding hydrogens is 236 g/mol. The molecular formula is C15H18N4. The van der Waals surface area contributed by atoms with Crippen LogP contribution in [0.2, 0.25) is 0 Å². The summed E-state index contributed by atoms with van der Waals surface area (Å²) in [5, 5.41) is 1.22. The van der Waals surface area contributed by atoms with Crippen LogP contribution in [-0.4, -0.2) is 21.1 Å². The summed E-state index contributed by atoms with van der Waals surface area (Å²) in [5.41, 5.74) is 10.1. The van der Waals surface area contributed by atoms with Gasteiger partial charge in [-0.1, -0.05) is 18.2 Å². The first-order chi connectivity index (χ1) is 9.20. The van der Waals surface area contributed by atoms with Crippen LogP contribution in [0, 0.1) is 13.8 Å². The average molecular weight is 254 g/mol. The maximum Gasteiger partial charge on any atom is 0.106 e. The standard InChI is InChI=1S/C15H18N4/c1-10-15(12-5-3-4-6-13(12)17-10)14-9-19(8-7-16)11(2)18-14/h3-6,9,17H,7-8,16H2,1-2H3. The number of fused-ring (bicyclic) bond motifs is 1. The lowest BCUT2D eigenvalue weighted by atomic mass is 10.1. The van der Waals surface area contributed by atoms with Crippen molar-refractivity contribution in [2.75, 3.05) is 6.54 Å². The van der Waals surface area contributed by atoms with Gasteiger partial charge in [-0.2, -0.15) is 0 Å². The van der Waals surface area contributed by atoms with Crippen LogP contribution in [0.4, 0.5) is 0 Å². The lowest BCUT2D eigenvalue weighted by Crippen LogP contribution is -2.10. The molecule has 98 valence electrons. The summed E-state index contributed by atoms with van der Waals surface area (Å²) in [6.45, 7) is 5.54. The fraction of sp³-hybridized carbons (Fsp3) is 0.267. The van der Waals surface area contributed by atoms with Crippen LogP contribution in [0.1, 0.15) is 11.5 Å². The van der Waals surface area contributed by atoms with Gasteiger partial charge in [0.15, 0.2) is 0 Å². The van der Waals surface area contributed by atoms with Gasteiger partial charge in [-0.15, -0.1) is 0 Å². The number of para-hydroxylation sites is 1. The highest BCUT2D eigenvalue weighted by atomic mass is 15.1. The summed E-state index contributed by atoms with van der Waals surface area (Å²) in [5.74, 6) is 1.00. The van der Waals surface area contributed by atoms with Crippen molar-refractivity contribution in [3.8, 4) is 11.3 Å². The maximum atomic E-state index is 5.62. The van der Waals surface area contributed by atoms with Gasteiger partial charge in [0.1, 0.15) is 5.82 Å². The van der Waals surface area contributed by atoms with Gasteiger partial charge in [0.25, 0.3) is 0 Å². The average Bonchev–Trinajstić information content (AvgIpc) is 2.90. The number of hydrogen-bond acceptors (Lipinski definition) is 2. The molecule has 4 heteroatoms. The number of nitrogens with two attached hydrogens (primary N) is 1. The summed E-state index contributed by atoms with van der Waals surface area (Å²) >= 11 is 0. The molecule has 0 saturated heterocycles. The number of hydrogen-bond donors (Lipinski definition) is 2. The van der Waals surface area contributed by atoms with Crippen molar-refractivity contribution in [3.63, 3.8) is 0 Å². The van der Waals surface area contributed by atoms with Gasteiger partial charge in [-0.05, 0) is 19.9 Å². The zero-order valence-corrected chi connectivity index (χ0v) is 11.3. The highest BCUT2D eigenvalue weighted by Gasteiger charge is 2.13. The largest absolute Gasteiger partial charge is 0.358 e. The quantitative estimate of drug-likeness (QED) is 0.754. The SMILES string of the molecule is Cc1[nH]c2ccccc2c1-c1cn(CCN)c(C)n1. The second kappa shape index (κ2) is 4.55. The third-order valence-electron chi connectivity index (χ3n) is 3.50. The van der Waals surface area contributed by atoms with E-state index in [-0.39, 0.29) is 0 Å². The molecule has 0 saturated carbocycles. The van der Waals surface area contributed by atoms with Crippen molar-refractivity contribution in [2.45, 2.75) is 20.4 Å². The van der Waals surface area contributed by atoms with E-state index < -0.39 is 0 Å². The molecule has 0 radical (unpaired) electrons. The number of aromatic nitrogens is 3. The highest BCUT2D eigenvalue weighted by molar-refractivity contribution is 5.96. The van der Waals surface area contributed by atoms with E-state index in [0.717, 1.165) is 29.3 Å². The minimum Gasteiger partial charge on any atom is -0.358 e.